The van der Waals surface area contributed by atoms with E-state index in [1.807, 2.05) is 11.8 Å². The molecule has 3 rings (SSSR count). The first-order chi connectivity index (χ1) is 12.6. The molecule has 1 aliphatic heterocycles. The van der Waals surface area contributed by atoms with E-state index >= 15 is 0 Å². The lowest BCUT2D eigenvalue weighted by Crippen LogP contribution is -2.48. The molecule has 3 heterocycles. The summed E-state index contributed by atoms with van der Waals surface area (Å²) in [6.45, 7) is 8.42. The summed E-state index contributed by atoms with van der Waals surface area (Å²) in [5.74, 6) is -0.0978. The third kappa shape index (κ3) is 4.56. The van der Waals surface area contributed by atoms with Crippen molar-refractivity contribution >= 4 is 17.2 Å². The Morgan fingerprint density at radius 3 is 2.65 bits per heavy atom. The highest BCUT2D eigenvalue weighted by Crippen LogP contribution is 2.13. The molecule has 0 aliphatic carbocycles. The number of amides is 1. The largest absolute Gasteiger partial charge is 0.335 e. The lowest BCUT2D eigenvalue weighted by atomic mass is 10.2. The number of carbonyl (C=O) groups is 1. The van der Waals surface area contributed by atoms with E-state index in [1.165, 1.54) is 16.8 Å². The van der Waals surface area contributed by atoms with Gasteiger partial charge in [0, 0.05) is 50.7 Å². The van der Waals surface area contributed by atoms with Gasteiger partial charge in [0.25, 0.3) is 11.5 Å². The second-order valence-corrected chi connectivity index (χ2v) is 7.62. The molecule has 0 radical (unpaired) electrons. The fourth-order valence-corrected chi connectivity index (χ4v) is 3.62. The van der Waals surface area contributed by atoms with Gasteiger partial charge in [0.2, 0.25) is 0 Å². The van der Waals surface area contributed by atoms with E-state index in [2.05, 4.69) is 27.3 Å². The first-order valence-corrected chi connectivity index (χ1v) is 9.95. The lowest BCUT2D eigenvalue weighted by molar-refractivity contribution is 0.0618. The van der Waals surface area contributed by atoms with Gasteiger partial charge in [0.15, 0.2) is 0 Å². The second-order valence-electron chi connectivity index (χ2n) is 6.56. The molecular formula is C18H25N5O2S. The summed E-state index contributed by atoms with van der Waals surface area (Å²) in [6.07, 6.45) is 1.85. The Kier molecular flexibility index (Phi) is 6.16. The highest BCUT2D eigenvalue weighted by Gasteiger charge is 2.23. The van der Waals surface area contributed by atoms with Crippen molar-refractivity contribution in [2.75, 3.05) is 26.2 Å². The molecule has 2 aromatic heterocycles. The van der Waals surface area contributed by atoms with Crippen LogP contribution >= 0.6 is 11.3 Å². The average molecular weight is 375 g/mol. The van der Waals surface area contributed by atoms with Crippen molar-refractivity contribution in [1.29, 1.82) is 0 Å². The number of piperazine rings is 1. The Morgan fingerprint density at radius 2 is 2.00 bits per heavy atom. The standard InChI is InChI=1S/C18H25N5O2S/c1-3-4-7-23-17(24)6-5-16(20-23)18(25)22-10-8-21(9-11-22)12-15-13-26-14(2)19-15/h5-6,13H,3-4,7-12H2,1-2H3. The van der Waals surface area contributed by atoms with Crippen molar-refractivity contribution in [2.24, 2.45) is 0 Å². The van der Waals surface area contributed by atoms with Crippen LogP contribution in [0, 0.1) is 6.92 Å². The fraction of sp³-hybridized carbons (Fsp3) is 0.556. The molecule has 1 amide bonds. The number of carbonyl (C=O) groups excluding carboxylic acids is 1. The van der Waals surface area contributed by atoms with Gasteiger partial charge in [0.05, 0.1) is 10.7 Å². The number of nitrogens with zero attached hydrogens (tertiary/aromatic N) is 5. The van der Waals surface area contributed by atoms with E-state index in [-0.39, 0.29) is 11.5 Å². The zero-order chi connectivity index (χ0) is 18.5. The molecule has 140 valence electrons. The highest BCUT2D eigenvalue weighted by molar-refractivity contribution is 7.09. The molecule has 2 aromatic rings. The molecule has 0 atom stereocenters. The van der Waals surface area contributed by atoms with Crippen LogP contribution in [0.3, 0.4) is 0 Å². The van der Waals surface area contributed by atoms with Gasteiger partial charge < -0.3 is 4.90 Å². The van der Waals surface area contributed by atoms with Gasteiger partial charge in [-0.05, 0) is 19.4 Å². The average Bonchev–Trinajstić information content (AvgIpc) is 3.06. The molecule has 1 aliphatic rings. The number of thiazole rings is 1. The normalized spacial score (nSPS) is 15.4. The predicted molar refractivity (Wildman–Crippen MR) is 101 cm³/mol. The van der Waals surface area contributed by atoms with Gasteiger partial charge in [-0.2, -0.15) is 5.10 Å². The Labute approximate surface area is 157 Å². The van der Waals surface area contributed by atoms with Crippen molar-refractivity contribution in [3.8, 4) is 0 Å². The smallest absolute Gasteiger partial charge is 0.274 e. The van der Waals surface area contributed by atoms with Gasteiger partial charge in [-0.3, -0.25) is 14.5 Å². The van der Waals surface area contributed by atoms with Crippen LogP contribution in [0.1, 0.15) is 41.0 Å². The van der Waals surface area contributed by atoms with Gasteiger partial charge in [-0.25, -0.2) is 9.67 Å². The number of hydrogen-bond acceptors (Lipinski definition) is 6. The minimum absolute atomic E-state index is 0.0978. The van der Waals surface area contributed by atoms with E-state index in [4.69, 9.17) is 0 Å². The number of aromatic nitrogens is 3. The molecule has 0 unspecified atom stereocenters. The van der Waals surface area contributed by atoms with Crippen LogP contribution < -0.4 is 5.56 Å². The lowest BCUT2D eigenvalue weighted by Gasteiger charge is -2.34. The number of hydrogen-bond donors (Lipinski definition) is 0. The van der Waals surface area contributed by atoms with Crippen molar-refractivity contribution < 1.29 is 4.79 Å². The maximum Gasteiger partial charge on any atom is 0.274 e. The van der Waals surface area contributed by atoms with Crippen LogP contribution in [0.25, 0.3) is 0 Å². The molecule has 0 bridgehead atoms. The zero-order valence-electron chi connectivity index (χ0n) is 15.3. The van der Waals surface area contributed by atoms with Gasteiger partial charge >= 0.3 is 0 Å². The van der Waals surface area contributed by atoms with E-state index in [0.717, 1.165) is 43.2 Å². The SMILES string of the molecule is CCCCn1nc(C(=O)N2CCN(Cc3csc(C)n3)CC2)ccc1=O. The monoisotopic (exact) mass is 375 g/mol. The summed E-state index contributed by atoms with van der Waals surface area (Å²) >= 11 is 1.67. The van der Waals surface area contributed by atoms with Crippen LogP contribution in [0.2, 0.25) is 0 Å². The number of aryl methyl sites for hydroxylation is 2. The fourth-order valence-electron chi connectivity index (χ4n) is 3.01. The van der Waals surface area contributed by atoms with Gasteiger partial charge in [0.1, 0.15) is 5.69 Å². The Morgan fingerprint density at radius 1 is 1.23 bits per heavy atom. The summed E-state index contributed by atoms with van der Waals surface area (Å²) in [7, 11) is 0. The second kappa shape index (κ2) is 8.55. The van der Waals surface area contributed by atoms with E-state index in [9.17, 15) is 9.59 Å². The maximum atomic E-state index is 12.7. The number of unbranched alkanes of at least 4 members (excludes halogenated alkanes) is 1. The van der Waals surface area contributed by atoms with E-state index in [0.29, 0.717) is 25.3 Å². The van der Waals surface area contributed by atoms with Crippen LogP contribution in [0.5, 0.6) is 0 Å². The predicted octanol–water partition coefficient (Wildman–Crippen LogP) is 1.77. The summed E-state index contributed by atoms with van der Waals surface area (Å²) in [4.78, 5) is 33.2. The van der Waals surface area contributed by atoms with Crippen LogP contribution in [-0.2, 0) is 13.1 Å². The highest BCUT2D eigenvalue weighted by atomic mass is 32.1. The molecule has 7 nitrogen and oxygen atoms in total. The minimum atomic E-state index is -0.154. The summed E-state index contributed by atoms with van der Waals surface area (Å²) in [6, 6.07) is 2.98. The van der Waals surface area contributed by atoms with E-state index in [1.54, 1.807) is 11.3 Å². The summed E-state index contributed by atoms with van der Waals surface area (Å²) in [5.41, 5.74) is 1.29. The Balaban J connectivity index is 1.58. The van der Waals surface area contributed by atoms with Crippen molar-refractivity contribution in [3.05, 3.63) is 44.3 Å². The molecule has 0 aromatic carbocycles. The third-order valence-corrected chi connectivity index (χ3v) is 5.34. The zero-order valence-corrected chi connectivity index (χ0v) is 16.2. The van der Waals surface area contributed by atoms with Crippen molar-refractivity contribution in [2.45, 2.75) is 39.8 Å². The molecule has 1 fully saturated rings. The molecule has 0 N–H and O–H groups in total. The van der Waals surface area contributed by atoms with Gasteiger partial charge in [-0.1, -0.05) is 13.3 Å². The van der Waals surface area contributed by atoms with Crippen LogP contribution in [0.15, 0.2) is 22.3 Å². The molecular weight excluding hydrogens is 350 g/mol. The Bertz CT molecular complexity index is 808. The number of rotatable bonds is 6. The van der Waals surface area contributed by atoms with Crippen molar-refractivity contribution in [3.63, 3.8) is 0 Å². The first kappa shape index (κ1) is 18.7. The van der Waals surface area contributed by atoms with Crippen LogP contribution in [-0.4, -0.2) is 56.7 Å². The molecule has 8 heteroatoms. The topological polar surface area (TPSA) is 71.3 Å². The molecule has 26 heavy (non-hydrogen) atoms. The quantitative estimate of drug-likeness (QED) is 0.769. The summed E-state index contributed by atoms with van der Waals surface area (Å²) < 4.78 is 1.40. The van der Waals surface area contributed by atoms with Gasteiger partial charge in [-0.15, -0.1) is 11.3 Å². The molecule has 0 spiro atoms. The Hall–Kier alpha value is -2.06. The molecule has 1 saturated heterocycles. The molecule has 0 saturated carbocycles. The van der Waals surface area contributed by atoms with Crippen molar-refractivity contribution in [1.82, 2.24) is 24.6 Å². The minimum Gasteiger partial charge on any atom is -0.335 e. The third-order valence-electron chi connectivity index (χ3n) is 4.52. The first-order valence-electron chi connectivity index (χ1n) is 9.07. The summed E-state index contributed by atoms with van der Waals surface area (Å²) in [5, 5.41) is 7.44. The maximum absolute atomic E-state index is 12.7. The van der Waals surface area contributed by atoms with E-state index < -0.39 is 0 Å². The van der Waals surface area contributed by atoms with Crippen LogP contribution in [0.4, 0.5) is 0 Å².